The van der Waals surface area contributed by atoms with Crippen molar-refractivity contribution in [3.63, 3.8) is 0 Å². The van der Waals surface area contributed by atoms with Gasteiger partial charge >= 0.3 is 0 Å². The van der Waals surface area contributed by atoms with E-state index in [2.05, 4.69) is 23.7 Å². The summed E-state index contributed by atoms with van der Waals surface area (Å²) in [6.07, 6.45) is 4.43. The molecule has 0 bridgehead atoms. The molecule has 4 nitrogen and oxygen atoms in total. The van der Waals surface area contributed by atoms with Gasteiger partial charge in [0.25, 0.3) is 0 Å². The molecule has 1 aliphatic rings. The number of likely N-dealkylation sites (tertiary alicyclic amines) is 1. The fourth-order valence-electron chi connectivity index (χ4n) is 2.06. The fraction of sp³-hybridized carbons (Fsp3) is 0.750. The smallest absolute Gasteiger partial charge is 0.237 e. The van der Waals surface area contributed by atoms with Crippen LogP contribution in [-0.2, 0) is 4.79 Å². The minimum Gasteiger partial charge on any atom is -0.351 e. The van der Waals surface area contributed by atoms with Crippen LogP contribution in [0, 0.1) is 0 Å². The first-order valence-electron chi connectivity index (χ1n) is 6.06. The number of likely N-dealkylation sites (N-methyl/N-ethyl adjacent to an activating group) is 1. The molecule has 4 heteroatoms. The first-order valence-corrected chi connectivity index (χ1v) is 6.06. The highest BCUT2D eigenvalue weighted by Gasteiger charge is 2.22. The van der Waals surface area contributed by atoms with Crippen LogP contribution in [0.2, 0.25) is 0 Å². The van der Waals surface area contributed by atoms with Crippen molar-refractivity contribution in [2.45, 2.75) is 38.3 Å². The molecule has 1 rings (SSSR count). The molecule has 16 heavy (non-hydrogen) atoms. The van der Waals surface area contributed by atoms with E-state index in [0.717, 1.165) is 32.5 Å². The summed E-state index contributed by atoms with van der Waals surface area (Å²) in [6, 6.07) is -0.188. The number of rotatable bonds is 5. The van der Waals surface area contributed by atoms with Gasteiger partial charge in [-0.2, -0.15) is 0 Å². The maximum atomic E-state index is 11.7. The normalized spacial score (nSPS) is 23.8. The maximum Gasteiger partial charge on any atom is 0.237 e. The Hall–Kier alpha value is -0.870. The Bertz CT molecular complexity index is 242. The van der Waals surface area contributed by atoms with Crippen molar-refractivity contribution in [1.29, 1.82) is 0 Å². The van der Waals surface area contributed by atoms with E-state index in [1.54, 1.807) is 6.08 Å². The monoisotopic (exact) mass is 225 g/mol. The van der Waals surface area contributed by atoms with Crippen molar-refractivity contribution < 1.29 is 4.79 Å². The van der Waals surface area contributed by atoms with Gasteiger partial charge in [0.2, 0.25) is 5.91 Å². The van der Waals surface area contributed by atoms with Gasteiger partial charge in [-0.15, -0.1) is 6.58 Å². The molecular formula is C12H23N3O. The molecule has 1 saturated heterocycles. The molecule has 92 valence electrons. The van der Waals surface area contributed by atoms with Crippen LogP contribution in [0.25, 0.3) is 0 Å². The van der Waals surface area contributed by atoms with Gasteiger partial charge in [0.15, 0.2) is 0 Å². The van der Waals surface area contributed by atoms with E-state index in [1.165, 1.54) is 0 Å². The van der Waals surface area contributed by atoms with Gasteiger partial charge in [-0.1, -0.05) is 13.0 Å². The number of carbonyl (C=O) groups excluding carboxylic acids is 1. The number of hydrogen-bond acceptors (Lipinski definition) is 3. The molecule has 1 fully saturated rings. The lowest BCUT2D eigenvalue weighted by Crippen LogP contribution is -2.51. The highest BCUT2D eigenvalue weighted by molar-refractivity contribution is 5.81. The van der Waals surface area contributed by atoms with Crippen LogP contribution in [0.5, 0.6) is 0 Å². The minimum absolute atomic E-state index is 0.0529. The van der Waals surface area contributed by atoms with E-state index >= 15 is 0 Å². The van der Waals surface area contributed by atoms with Gasteiger partial charge in [-0.25, -0.2) is 0 Å². The Balaban J connectivity index is 2.35. The molecule has 2 atom stereocenters. The largest absolute Gasteiger partial charge is 0.351 e. The summed E-state index contributed by atoms with van der Waals surface area (Å²) < 4.78 is 0. The second kappa shape index (κ2) is 6.66. The summed E-state index contributed by atoms with van der Waals surface area (Å²) in [6.45, 7) is 8.87. The van der Waals surface area contributed by atoms with Gasteiger partial charge in [0.1, 0.15) is 0 Å². The maximum absolute atomic E-state index is 11.7. The molecule has 1 amide bonds. The van der Waals surface area contributed by atoms with Gasteiger partial charge in [-0.3, -0.25) is 4.79 Å². The van der Waals surface area contributed by atoms with E-state index in [9.17, 15) is 4.79 Å². The third-order valence-corrected chi connectivity index (χ3v) is 3.06. The number of nitrogens with two attached hydrogens (primary N) is 1. The van der Waals surface area contributed by atoms with Gasteiger partial charge < -0.3 is 16.0 Å². The van der Waals surface area contributed by atoms with Crippen LogP contribution in [0.4, 0.5) is 0 Å². The number of hydrogen-bond donors (Lipinski definition) is 2. The van der Waals surface area contributed by atoms with Crippen molar-refractivity contribution in [2.24, 2.45) is 5.73 Å². The van der Waals surface area contributed by atoms with E-state index in [0.29, 0.717) is 6.42 Å². The summed E-state index contributed by atoms with van der Waals surface area (Å²) in [4.78, 5) is 14.0. The van der Waals surface area contributed by atoms with Crippen molar-refractivity contribution >= 4 is 5.91 Å². The molecule has 1 aliphatic heterocycles. The van der Waals surface area contributed by atoms with Crippen molar-refractivity contribution in [2.75, 3.05) is 19.6 Å². The number of nitrogens with zero attached hydrogens (tertiary/aromatic N) is 1. The van der Waals surface area contributed by atoms with E-state index < -0.39 is 6.04 Å². The van der Waals surface area contributed by atoms with Crippen LogP contribution >= 0.6 is 0 Å². The van der Waals surface area contributed by atoms with Gasteiger partial charge in [0, 0.05) is 12.6 Å². The SMILES string of the molecule is C=CCC(N)C(=O)NC1CCCN(CC)C1. The molecule has 0 aromatic rings. The lowest BCUT2D eigenvalue weighted by atomic mass is 10.0. The Morgan fingerprint density at radius 2 is 2.50 bits per heavy atom. The van der Waals surface area contributed by atoms with E-state index in [-0.39, 0.29) is 11.9 Å². The first-order chi connectivity index (χ1) is 7.67. The van der Waals surface area contributed by atoms with Crippen molar-refractivity contribution in [3.05, 3.63) is 12.7 Å². The molecule has 2 unspecified atom stereocenters. The van der Waals surface area contributed by atoms with Crippen LogP contribution in [0.15, 0.2) is 12.7 Å². The molecule has 0 aliphatic carbocycles. The number of nitrogens with one attached hydrogen (secondary N) is 1. The molecule has 1 heterocycles. The number of amides is 1. The zero-order valence-corrected chi connectivity index (χ0v) is 10.1. The lowest BCUT2D eigenvalue weighted by molar-refractivity contribution is -0.123. The molecule has 0 aromatic heterocycles. The van der Waals surface area contributed by atoms with E-state index in [1.807, 2.05) is 0 Å². The average Bonchev–Trinajstić information content (AvgIpc) is 2.29. The summed E-state index contributed by atoms with van der Waals surface area (Å²) >= 11 is 0. The fourth-order valence-corrected chi connectivity index (χ4v) is 2.06. The lowest BCUT2D eigenvalue weighted by Gasteiger charge is -2.32. The summed E-state index contributed by atoms with van der Waals surface area (Å²) in [5, 5.41) is 3.01. The van der Waals surface area contributed by atoms with Crippen LogP contribution in [0.3, 0.4) is 0 Å². The molecule has 0 saturated carbocycles. The van der Waals surface area contributed by atoms with Crippen molar-refractivity contribution in [3.8, 4) is 0 Å². The summed E-state index contributed by atoms with van der Waals surface area (Å²) in [5.74, 6) is -0.0529. The third kappa shape index (κ3) is 3.94. The summed E-state index contributed by atoms with van der Waals surface area (Å²) in [5.41, 5.74) is 5.72. The topological polar surface area (TPSA) is 58.4 Å². The molecule has 0 aromatic carbocycles. The van der Waals surface area contributed by atoms with Gasteiger partial charge in [0.05, 0.1) is 6.04 Å². The highest BCUT2D eigenvalue weighted by atomic mass is 16.2. The number of piperidine rings is 1. The van der Waals surface area contributed by atoms with Crippen LogP contribution in [0.1, 0.15) is 26.2 Å². The Morgan fingerprint density at radius 3 is 3.12 bits per heavy atom. The van der Waals surface area contributed by atoms with Crippen LogP contribution in [-0.4, -0.2) is 42.5 Å². The quantitative estimate of drug-likeness (QED) is 0.670. The standard InChI is InChI=1S/C12H23N3O/c1-3-6-11(13)12(16)14-10-7-5-8-15(4-2)9-10/h3,10-11H,1,4-9,13H2,2H3,(H,14,16). The third-order valence-electron chi connectivity index (χ3n) is 3.06. The first kappa shape index (κ1) is 13.2. The Kier molecular flexibility index (Phi) is 5.49. The van der Waals surface area contributed by atoms with Gasteiger partial charge in [-0.05, 0) is 32.4 Å². The highest BCUT2D eigenvalue weighted by Crippen LogP contribution is 2.09. The molecule has 0 radical (unpaired) electrons. The molecular weight excluding hydrogens is 202 g/mol. The van der Waals surface area contributed by atoms with Crippen molar-refractivity contribution in [1.82, 2.24) is 10.2 Å². The predicted molar refractivity (Wildman–Crippen MR) is 66.1 cm³/mol. The molecule has 3 N–H and O–H groups in total. The Labute approximate surface area is 97.9 Å². The average molecular weight is 225 g/mol. The van der Waals surface area contributed by atoms with E-state index in [4.69, 9.17) is 5.73 Å². The van der Waals surface area contributed by atoms with Crippen LogP contribution < -0.4 is 11.1 Å². The predicted octanol–water partition coefficient (Wildman–Crippen LogP) is 0.490. The molecule has 0 spiro atoms. The zero-order chi connectivity index (χ0) is 12.0. The second-order valence-electron chi connectivity index (χ2n) is 4.37. The second-order valence-corrected chi connectivity index (χ2v) is 4.37. The summed E-state index contributed by atoms with van der Waals surface area (Å²) in [7, 11) is 0. The number of carbonyl (C=O) groups is 1. The minimum atomic E-state index is -0.450. The zero-order valence-electron chi connectivity index (χ0n) is 10.1. The Morgan fingerprint density at radius 1 is 1.75 bits per heavy atom.